The Morgan fingerprint density at radius 2 is 2.00 bits per heavy atom. The highest BCUT2D eigenvalue weighted by atomic mass is 79.9. The number of benzene rings is 1. The van der Waals surface area contributed by atoms with Crippen molar-refractivity contribution in [3.05, 3.63) is 33.8 Å². The summed E-state index contributed by atoms with van der Waals surface area (Å²) in [7, 11) is 0. The van der Waals surface area contributed by atoms with Crippen LogP contribution >= 0.6 is 15.9 Å². The monoisotopic (exact) mass is 266 g/mol. The summed E-state index contributed by atoms with van der Waals surface area (Å²) >= 11 is 3.30. The van der Waals surface area contributed by atoms with Crippen LogP contribution in [0.2, 0.25) is 0 Å². The maximum atomic E-state index is 11.6. The predicted octanol–water partition coefficient (Wildman–Crippen LogP) is 2.18. The van der Waals surface area contributed by atoms with Crippen LogP contribution < -0.4 is 0 Å². The van der Waals surface area contributed by atoms with Crippen LogP contribution in [0, 0.1) is 0 Å². The maximum Gasteiger partial charge on any atom is 0.346 e. The van der Waals surface area contributed by atoms with E-state index < -0.39 is 11.4 Å². The molecule has 0 saturated heterocycles. The van der Waals surface area contributed by atoms with E-state index in [0.717, 1.165) is 22.9 Å². The van der Waals surface area contributed by atoms with Crippen molar-refractivity contribution in [3.8, 4) is 0 Å². The summed E-state index contributed by atoms with van der Waals surface area (Å²) in [6, 6.07) is 5.40. The van der Waals surface area contributed by atoms with Crippen LogP contribution in [0.15, 0.2) is 22.7 Å². The van der Waals surface area contributed by atoms with E-state index in [0.29, 0.717) is 5.56 Å². The summed E-state index contributed by atoms with van der Waals surface area (Å²) in [5.74, 6) is -0.920. The fourth-order valence-electron chi connectivity index (χ4n) is 2.05. The van der Waals surface area contributed by atoms with Crippen molar-refractivity contribution in [1.29, 1.82) is 0 Å². The molecule has 0 bridgehead atoms. The van der Waals surface area contributed by atoms with Crippen molar-refractivity contribution in [1.82, 2.24) is 0 Å². The quantitative estimate of drug-likeness (QED) is 0.534. The van der Waals surface area contributed by atoms with Gasteiger partial charge in [-0.15, -0.1) is 0 Å². The van der Waals surface area contributed by atoms with E-state index in [9.17, 15) is 9.59 Å². The maximum absolute atomic E-state index is 11.6. The van der Waals surface area contributed by atoms with Gasteiger partial charge in [0.1, 0.15) is 0 Å². The molecule has 1 aliphatic carbocycles. The van der Waals surface area contributed by atoms with Crippen molar-refractivity contribution >= 4 is 27.9 Å². The van der Waals surface area contributed by atoms with Crippen molar-refractivity contribution in [2.75, 3.05) is 0 Å². The molecular formula is C11H7BrO3. The molecule has 1 saturated carbocycles. The average Bonchev–Trinajstić information content (AvgIpc) is 2.96. The summed E-state index contributed by atoms with van der Waals surface area (Å²) in [5.41, 5.74) is 0.831. The van der Waals surface area contributed by atoms with Crippen LogP contribution in [-0.4, -0.2) is 11.9 Å². The molecular weight excluding hydrogens is 260 g/mol. The fraction of sp³-hybridized carbons (Fsp3) is 0.273. The Balaban J connectivity index is 2.26. The smallest absolute Gasteiger partial charge is 0.346 e. The topological polar surface area (TPSA) is 43.4 Å². The van der Waals surface area contributed by atoms with Crippen molar-refractivity contribution < 1.29 is 14.3 Å². The number of rotatable bonds is 0. The Kier molecular flexibility index (Phi) is 1.63. The summed E-state index contributed by atoms with van der Waals surface area (Å²) in [5, 5.41) is 0. The molecule has 0 aromatic heterocycles. The van der Waals surface area contributed by atoms with Gasteiger partial charge in [-0.3, -0.25) is 4.79 Å². The molecule has 1 aromatic carbocycles. The van der Waals surface area contributed by atoms with Gasteiger partial charge in [0.15, 0.2) is 0 Å². The molecule has 1 heterocycles. The van der Waals surface area contributed by atoms with Crippen LogP contribution in [0.5, 0.6) is 0 Å². The van der Waals surface area contributed by atoms with Gasteiger partial charge < -0.3 is 4.74 Å². The molecule has 0 N–H and O–H groups in total. The molecule has 4 heteroatoms. The molecule has 0 atom stereocenters. The molecule has 0 unspecified atom stereocenters. The van der Waals surface area contributed by atoms with E-state index in [1.165, 1.54) is 0 Å². The highest BCUT2D eigenvalue weighted by molar-refractivity contribution is 9.10. The number of carbonyl (C=O) groups excluding carboxylic acids is 2. The average molecular weight is 267 g/mol. The second-order valence-electron chi connectivity index (χ2n) is 3.95. The van der Waals surface area contributed by atoms with E-state index >= 15 is 0 Å². The molecule has 76 valence electrons. The molecule has 1 fully saturated rings. The van der Waals surface area contributed by atoms with Gasteiger partial charge in [0.05, 0.1) is 11.0 Å². The lowest BCUT2D eigenvalue weighted by Crippen LogP contribution is -2.33. The first-order valence-corrected chi connectivity index (χ1v) is 5.49. The van der Waals surface area contributed by atoms with E-state index in [2.05, 4.69) is 15.9 Å². The summed E-state index contributed by atoms with van der Waals surface area (Å²) in [6.45, 7) is 0. The number of halogens is 1. The molecule has 3 nitrogen and oxygen atoms in total. The largest absolute Gasteiger partial charge is 0.389 e. The molecule has 15 heavy (non-hydrogen) atoms. The van der Waals surface area contributed by atoms with Crippen LogP contribution in [0.4, 0.5) is 0 Å². The predicted molar refractivity (Wildman–Crippen MR) is 55.5 cm³/mol. The Morgan fingerprint density at radius 3 is 2.67 bits per heavy atom. The van der Waals surface area contributed by atoms with Crippen molar-refractivity contribution in [3.63, 3.8) is 0 Å². The summed E-state index contributed by atoms with van der Waals surface area (Å²) in [4.78, 5) is 23.1. The molecule has 2 aliphatic rings. The minimum atomic E-state index is -0.533. The molecule has 0 amide bonds. The molecule has 1 spiro atoms. The lowest BCUT2D eigenvalue weighted by Gasteiger charge is -2.22. The molecule has 3 rings (SSSR count). The Bertz CT molecular complexity index is 489. The Labute approximate surface area is 94.5 Å². The standard InChI is InChI=1S/C11H7BrO3/c12-6-1-2-8-7(5-6)9(13)15-10(14)11(8)3-4-11/h1-2,5H,3-4H2. The highest BCUT2D eigenvalue weighted by Gasteiger charge is 2.57. The van der Waals surface area contributed by atoms with Crippen molar-refractivity contribution in [2.45, 2.75) is 18.3 Å². The number of hydrogen-bond acceptors (Lipinski definition) is 3. The number of esters is 2. The number of fused-ring (bicyclic) bond motifs is 2. The number of carbonyl (C=O) groups is 2. The lowest BCUT2D eigenvalue weighted by atomic mass is 9.89. The molecule has 0 radical (unpaired) electrons. The van der Waals surface area contributed by atoms with Crippen LogP contribution in [0.1, 0.15) is 28.8 Å². The Morgan fingerprint density at radius 1 is 1.27 bits per heavy atom. The zero-order chi connectivity index (χ0) is 10.6. The zero-order valence-electron chi connectivity index (χ0n) is 7.75. The van der Waals surface area contributed by atoms with Crippen LogP contribution in [-0.2, 0) is 14.9 Å². The third-order valence-corrected chi connectivity index (χ3v) is 3.54. The zero-order valence-corrected chi connectivity index (χ0v) is 9.33. The van der Waals surface area contributed by atoms with E-state index in [4.69, 9.17) is 4.74 Å². The minimum Gasteiger partial charge on any atom is -0.389 e. The van der Waals surface area contributed by atoms with E-state index in [1.807, 2.05) is 12.1 Å². The first-order valence-electron chi connectivity index (χ1n) is 4.70. The Hall–Kier alpha value is -1.16. The molecule has 1 aliphatic heterocycles. The first-order chi connectivity index (χ1) is 7.13. The van der Waals surface area contributed by atoms with Gasteiger partial charge >= 0.3 is 11.9 Å². The van der Waals surface area contributed by atoms with Crippen LogP contribution in [0.3, 0.4) is 0 Å². The van der Waals surface area contributed by atoms with Crippen LogP contribution in [0.25, 0.3) is 0 Å². The van der Waals surface area contributed by atoms with E-state index in [-0.39, 0.29) is 5.97 Å². The van der Waals surface area contributed by atoms with Gasteiger partial charge in [-0.2, -0.15) is 0 Å². The number of ether oxygens (including phenoxy) is 1. The van der Waals surface area contributed by atoms with Gasteiger partial charge in [-0.05, 0) is 30.5 Å². The first kappa shape index (κ1) is 9.09. The second-order valence-corrected chi connectivity index (χ2v) is 4.86. The van der Waals surface area contributed by atoms with Crippen molar-refractivity contribution in [2.24, 2.45) is 0 Å². The van der Waals surface area contributed by atoms with Gasteiger partial charge in [0.2, 0.25) is 0 Å². The number of hydrogen-bond donors (Lipinski definition) is 0. The normalized spacial score (nSPS) is 21.1. The van der Waals surface area contributed by atoms with E-state index in [1.54, 1.807) is 6.07 Å². The molecule has 1 aromatic rings. The summed E-state index contributed by atoms with van der Waals surface area (Å²) < 4.78 is 5.57. The van der Waals surface area contributed by atoms with Gasteiger partial charge in [-0.25, -0.2) is 4.79 Å². The third-order valence-electron chi connectivity index (χ3n) is 3.04. The minimum absolute atomic E-state index is 0.387. The van der Waals surface area contributed by atoms with Gasteiger partial charge in [0, 0.05) is 4.47 Å². The SMILES string of the molecule is O=C1OC(=O)C2(CC2)c2ccc(Br)cc21. The summed E-state index contributed by atoms with van der Waals surface area (Å²) in [6.07, 6.45) is 1.57. The van der Waals surface area contributed by atoms with Gasteiger partial charge in [-0.1, -0.05) is 22.0 Å². The fourth-order valence-corrected chi connectivity index (χ4v) is 2.41. The second kappa shape index (κ2) is 2.70. The number of cyclic esters (lactones) is 2. The highest BCUT2D eigenvalue weighted by Crippen LogP contribution is 2.52. The van der Waals surface area contributed by atoms with Gasteiger partial charge in [0.25, 0.3) is 0 Å². The third kappa shape index (κ3) is 1.11. The lowest BCUT2D eigenvalue weighted by molar-refractivity contribution is -0.141.